The summed E-state index contributed by atoms with van der Waals surface area (Å²) >= 11 is 6.89. The molecule has 5 rings (SSSR count). The van der Waals surface area contributed by atoms with Crippen LogP contribution in [0.2, 0.25) is 0 Å². The van der Waals surface area contributed by atoms with Gasteiger partial charge in [-0.15, -0.1) is 11.6 Å². The zero-order valence-corrected chi connectivity index (χ0v) is 15.5. The van der Waals surface area contributed by atoms with Gasteiger partial charge in [0.05, 0.1) is 5.41 Å². The maximum Gasteiger partial charge on any atom is 0.230 e. The van der Waals surface area contributed by atoms with Gasteiger partial charge in [0.2, 0.25) is 5.91 Å². The molecule has 2 unspecified atom stereocenters. The monoisotopic (exact) mass is 345 g/mol. The third kappa shape index (κ3) is 2.67. The largest absolute Gasteiger partial charge is 0.325 e. The van der Waals surface area contributed by atoms with Crippen molar-refractivity contribution in [2.24, 2.45) is 17.3 Å². The molecule has 4 saturated carbocycles. The number of amides is 1. The van der Waals surface area contributed by atoms with E-state index in [9.17, 15) is 4.79 Å². The molecule has 130 valence electrons. The predicted octanol–water partition coefficient (Wildman–Crippen LogP) is 5.72. The van der Waals surface area contributed by atoms with Gasteiger partial charge in [-0.3, -0.25) is 4.79 Å². The van der Waals surface area contributed by atoms with Crippen molar-refractivity contribution in [3.05, 3.63) is 29.8 Å². The Labute approximate surface area is 150 Å². The Morgan fingerprint density at radius 2 is 1.92 bits per heavy atom. The lowest BCUT2D eigenvalue weighted by atomic mass is 9.49. The topological polar surface area (TPSA) is 29.1 Å². The van der Waals surface area contributed by atoms with Crippen molar-refractivity contribution in [2.75, 3.05) is 5.32 Å². The fraction of sp³-hybridized carbons (Fsp3) is 0.667. The van der Waals surface area contributed by atoms with E-state index < -0.39 is 0 Å². The number of benzene rings is 1. The number of rotatable bonds is 4. The number of para-hydroxylation sites is 1. The zero-order chi connectivity index (χ0) is 16.9. The second-order valence-electron chi connectivity index (χ2n) is 8.74. The number of carbonyl (C=O) groups is 1. The van der Waals surface area contributed by atoms with Gasteiger partial charge in [0.1, 0.15) is 0 Å². The van der Waals surface area contributed by atoms with E-state index in [4.69, 9.17) is 11.6 Å². The molecule has 4 fully saturated rings. The van der Waals surface area contributed by atoms with Crippen LogP contribution in [0.15, 0.2) is 24.3 Å². The van der Waals surface area contributed by atoms with Crippen LogP contribution in [0.1, 0.15) is 70.3 Å². The lowest BCUT2D eigenvalue weighted by Gasteiger charge is -2.59. The van der Waals surface area contributed by atoms with Gasteiger partial charge >= 0.3 is 0 Å². The van der Waals surface area contributed by atoms with E-state index in [1.54, 1.807) is 0 Å². The highest BCUT2D eigenvalue weighted by molar-refractivity contribution is 6.24. The average molecular weight is 346 g/mol. The molecule has 0 aromatic heterocycles. The van der Waals surface area contributed by atoms with E-state index in [2.05, 4.69) is 37.4 Å². The van der Waals surface area contributed by atoms with Crippen LogP contribution in [0, 0.1) is 17.3 Å². The van der Waals surface area contributed by atoms with Crippen LogP contribution in [0.25, 0.3) is 0 Å². The van der Waals surface area contributed by atoms with Gasteiger partial charge in [-0.05, 0) is 74.3 Å². The van der Waals surface area contributed by atoms with Crippen LogP contribution in [0.3, 0.4) is 0 Å². The standard InChI is InChI=1S/C21H28ClNO/c1-3-14(2)17-6-4-5-7-18(17)23-19(24)20-9-15-8-16(10-20)12-21(22,11-15)13-20/h4-7,14-16H,3,8-13H2,1-2H3,(H,23,24)/t14-,15-,16+,20?,21?/m0/s1. The summed E-state index contributed by atoms with van der Waals surface area (Å²) in [6.07, 6.45) is 7.53. The molecule has 0 spiro atoms. The molecule has 1 aromatic rings. The highest BCUT2D eigenvalue weighted by Crippen LogP contribution is 2.64. The molecule has 0 aliphatic heterocycles. The summed E-state index contributed by atoms with van der Waals surface area (Å²) in [7, 11) is 0. The first-order valence-corrected chi connectivity index (χ1v) is 9.90. The first-order valence-electron chi connectivity index (χ1n) is 9.52. The predicted molar refractivity (Wildman–Crippen MR) is 99.5 cm³/mol. The third-order valence-corrected chi connectivity index (χ3v) is 7.27. The van der Waals surface area contributed by atoms with Gasteiger partial charge in [-0.1, -0.05) is 32.0 Å². The van der Waals surface area contributed by atoms with Crippen LogP contribution in [0.4, 0.5) is 5.69 Å². The van der Waals surface area contributed by atoms with Gasteiger partial charge < -0.3 is 5.32 Å². The van der Waals surface area contributed by atoms with Crippen LogP contribution in [-0.2, 0) is 4.79 Å². The minimum absolute atomic E-state index is 0.113. The van der Waals surface area contributed by atoms with E-state index in [-0.39, 0.29) is 16.2 Å². The quantitative estimate of drug-likeness (QED) is 0.695. The highest BCUT2D eigenvalue weighted by Gasteiger charge is 2.60. The molecule has 0 radical (unpaired) electrons. The molecule has 0 saturated heterocycles. The maximum atomic E-state index is 13.3. The van der Waals surface area contributed by atoms with Gasteiger partial charge in [0, 0.05) is 10.6 Å². The molecule has 3 heteroatoms. The van der Waals surface area contributed by atoms with E-state index in [1.165, 1.54) is 12.0 Å². The van der Waals surface area contributed by atoms with Gasteiger partial charge in [-0.2, -0.15) is 0 Å². The summed E-state index contributed by atoms with van der Waals surface area (Å²) in [6.45, 7) is 4.42. The fourth-order valence-electron chi connectivity index (χ4n) is 5.93. The summed E-state index contributed by atoms with van der Waals surface area (Å²) in [5.74, 6) is 1.98. The van der Waals surface area contributed by atoms with Crippen LogP contribution < -0.4 is 5.32 Å². The van der Waals surface area contributed by atoms with E-state index >= 15 is 0 Å². The SMILES string of the molecule is CC[C@H](C)c1ccccc1NC(=O)C12C[C@@H]3C[C@@H](CC(Cl)(C3)C1)C2. The summed E-state index contributed by atoms with van der Waals surface area (Å²) in [4.78, 5) is 13.2. The number of alkyl halides is 1. The first kappa shape index (κ1) is 16.4. The Bertz CT molecular complexity index is 641. The van der Waals surface area contributed by atoms with Gasteiger partial charge in [0.25, 0.3) is 0 Å². The molecule has 4 bridgehead atoms. The van der Waals surface area contributed by atoms with E-state index in [0.717, 1.165) is 44.2 Å². The highest BCUT2D eigenvalue weighted by atomic mass is 35.5. The Hall–Kier alpha value is -1.02. The van der Waals surface area contributed by atoms with Crippen LogP contribution in [0.5, 0.6) is 0 Å². The first-order chi connectivity index (χ1) is 11.4. The molecular weight excluding hydrogens is 318 g/mol. The van der Waals surface area contributed by atoms with Crippen molar-refractivity contribution >= 4 is 23.2 Å². The van der Waals surface area contributed by atoms with Crippen molar-refractivity contribution in [3.8, 4) is 0 Å². The number of nitrogens with one attached hydrogen (secondary N) is 1. The van der Waals surface area contributed by atoms with Crippen LogP contribution in [-0.4, -0.2) is 10.8 Å². The summed E-state index contributed by atoms with van der Waals surface area (Å²) in [6, 6.07) is 8.28. The Kier molecular flexibility index (Phi) is 3.95. The second-order valence-corrected chi connectivity index (χ2v) is 9.54. The third-order valence-electron chi connectivity index (χ3n) is 6.82. The zero-order valence-electron chi connectivity index (χ0n) is 14.8. The minimum atomic E-state index is -0.228. The summed E-state index contributed by atoms with van der Waals surface area (Å²) in [5, 5.41) is 3.30. The molecule has 5 atom stereocenters. The number of halogens is 1. The maximum absolute atomic E-state index is 13.3. The van der Waals surface area contributed by atoms with Crippen molar-refractivity contribution in [3.63, 3.8) is 0 Å². The van der Waals surface area contributed by atoms with Crippen molar-refractivity contribution in [1.29, 1.82) is 0 Å². The molecule has 1 amide bonds. The Morgan fingerprint density at radius 3 is 2.54 bits per heavy atom. The van der Waals surface area contributed by atoms with E-state index in [0.29, 0.717) is 17.8 Å². The number of anilines is 1. The summed E-state index contributed by atoms with van der Waals surface area (Å²) in [5.41, 5.74) is 2.02. The van der Waals surface area contributed by atoms with Crippen molar-refractivity contribution in [1.82, 2.24) is 0 Å². The number of hydrogen-bond donors (Lipinski definition) is 1. The normalized spacial score (nSPS) is 38.1. The van der Waals surface area contributed by atoms with Crippen LogP contribution >= 0.6 is 11.6 Å². The molecule has 4 aliphatic carbocycles. The average Bonchev–Trinajstić information content (AvgIpc) is 2.52. The molecule has 1 aromatic carbocycles. The molecule has 0 heterocycles. The van der Waals surface area contributed by atoms with Crippen molar-refractivity contribution in [2.45, 2.75) is 69.6 Å². The Balaban J connectivity index is 1.59. The van der Waals surface area contributed by atoms with Crippen molar-refractivity contribution < 1.29 is 4.79 Å². The van der Waals surface area contributed by atoms with Gasteiger partial charge in [-0.25, -0.2) is 0 Å². The molecular formula is C21H28ClNO. The molecule has 4 aliphatic rings. The second kappa shape index (κ2) is 5.76. The Morgan fingerprint density at radius 1 is 1.25 bits per heavy atom. The minimum Gasteiger partial charge on any atom is -0.325 e. The lowest BCUT2D eigenvalue weighted by Crippen LogP contribution is -2.57. The number of carbonyl (C=O) groups excluding carboxylic acids is 1. The fourth-order valence-corrected chi connectivity index (χ4v) is 6.62. The van der Waals surface area contributed by atoms with E-state index in [1.807, 2.05) is 6.07 Å². The molecule has 1 N–H and O–H groups in total. The van der Waals surface area contributed by atoms with Gasteiger partial charge in [0.15, 0.2) is 0 Å². The number of hydrogen-bond acceptors (Lipinski definition) is 1. The molecule has 24 heavy (non-hydrogen) atoms. The summed E-state index contributed by atoms with van der Waals surface area (Å²) < 4.78 is 0. The smallest absolute Gasteiger partial charge is 0.230 e. The lowest BCUT2D eigenvalue weighted by molar-refractivity contribution is -0.138. The molecule has 2 nitrogen and oxygen atoms in total.